The van der Waals surface area contributed by atoms with E-state index in [1.807, 2.05) is 0 Å². The minimum atomic E-state index is -0.518. The van der Waals surface area contributed by atoms with Crippen LogP contribution in [0.4, 0.5) is 11.4 Å². The van der Waals surface area contributed by atoms with E-state index in [1.54, 1.807) is 0 Å². The maximum atomic E-state index is 11.9. The topological polar surface area (TPSA) is 111 Å². The third kappa shape index (κ3) is 4.18. The van der Waals surface area contributed by atoms with Crippen LogP contribution in [0.3, 0.4) is 0 Å². The van der Waals surface area contributed by atoms with Crippen LogP contribution in [0.15, 0.2) is 18.2 Å². The molecule has 8 nitrogen and oxygen atoms in total. The highest BCUT2D eigenvalue weighted by atomic mass is 16.6. The summed E-state index contributed by atoms with van der Waals surface area (Å²) in [6, 6.07) is 4.56. The molecule has 1 amide bonds. The Morgan fingerprint density at radius 2 is 2.14 bits per heavy atom. The van der Waals surface area contributed by atoms with Gasteiger partial charge in [-0.15, -0.1) is 0 Å². The van der Waals surface area contributed by atoms with Crippen molar-refractivity contribution in [2.24, 2.45) is 0 Å². The van der Waals surface area contributed by atoms with Gasteiger partial charge in [0.25, 0.3) is 11.6 Å². The summed E-state index contributed by atoms with van der Waals surface area (Å²) in [5, 5.41) is 16.7. The number of rotatable bonds is 7. The van der Waals surface area contributed by atoms with Crippen molar-refractivity contribution < 1.29 is 19.2 Å². The van der Waals surface area contributed by atoms with Gasteiger partial charge < -0.3 is 15.4 Å². The van der Waals surface area contributed by atoms with Crippen LogP contribution in [0, 0.1) is 10.1 Å². The summed E-state index contributed by atoms with van der Waals surface area (Å²) < 4.78 is 4.46. The van der Waals surface area contributed by atoms with E-state index in [2.05, 4.69) is 15.4 Å². The maximum absolute atomic E-state index is 11.9. The molecule has 118 valence electrons. The summed E-state index contributed by atoms with van der Waals surface area (Å²) in [7, 11) is 1.26. The van der Waals surface area contributed by atoms with Crippen LogP contribution >= 0.6 is 0 Å². The molecule has 1 aromatic rings. The number of nitrogens with one attached hydrogen (secondary N) is 2. The van der Waals surface area contributed by atoms with Crippen molar-refractivity contribution in [2.45, 2.75) is 25.3 Å². The van der Waals surface area contributed by atoms with E-state index in [9.17, 15) is 19.7 Å². The van der Waals surface area contributed by atoms with E-state index in [-0.39, 0.29) is 30.3 Å². The van der Waals surface area contributed by atoms with Crippen molar-refractivity contribution in [1.29, 1.82) is 0 Å². The number of carbonyl (C=O) groups excluding carboxylic acids is 2. The molecule has 2 N–H and O–H groups in total. The van der Waals surface area contributed by atoms with Crippen molar-refractivity contribution in [3.05, 3.63) is 33.9 Å². The molecule has 0 saturated heterocycles. The quantitative estimate of drug-likeness (QED) is 0.448. The zero-order valence-corrected chi connectivity index (χ0v) is 12.1. The third-order valence-electron chi connectivity index (χ3n) is 3.24. The molecule has 2 rings (SSSR count). The second-order valence-electron chi connectivity index (χ2n) is 4.99. The first-order valence-electron chi connectivity index (χ1n) is 6.91. The predicted molar refractivity (Wildman–Crippen MR) is 78.7 cm³/mol. The monoisotopic (exact) mass is 307 g/mol. The standard InChI is InChI=1S/C14H17N3O5/c1-22-13(18)6-7-15-14(19)9-2-5-11(16-10-3-4-10)12(8-9)17(20)21/h2,5,8,10,16H,3-4,6-7H2,1H3,(H,15,19). The van der Waals surface area contributed by atoms with Crippen molar-refractivity contribution in [3.8, 4) is 0 Å². The molecular weight excluding hydrogens is 290 g/mol. The number of nitro benzene ring substituents is 1. The Morgan fingerprint density at radius 1 is 1.41 bits per heavy atom. The van der Waals surface area contributed by atoms with Crippen molar-refractivity contribution in [3.63, 3.8) is 0 Å². The van der Waals surface area contributed by atoms with Gasteiger partial charge in [0.1, 0.15) is 5.69 Å². The Kier molecular flexibility index (Phi) is 4.92. The Bertz CT molecular complexity index is 598. The van der Waals surface area contributed by atoms with Gasteiger partial charge in [-0.25, -0.2) is 0 Å². The predicted octanol–water partition coefficient (Wildman–Crippen LogP) is 1.46. The van der Waals surface area contributed by atoms with Gasteiger partial charge in [-0.2, -0.15) is 0 Å². The van der Waals surface area contributed by atoms with Crippen LogP contribution in [-0.4, -0.2) is 36.5 Å². The number of anilines is 1. The number of benzene rings is 1. The average molecular weight is 307 g/mol. The molecule has 22 heavy (non-hydrogen) atoms. The van der Waals surface area contributed by atoms with Crippen LogP contribution in [0.1, 0.15) is 29.6 Å². The Balaban J connectivity index is 2.03. The van der Waals surface area contributed by atoms with Crippen molar-refractivity contribution in [2.75, 3.05) is 19.0 Å². The number of hydrogen-bond donors (Lipinski definition) is 2. The molecule has 0 unspecified atom stereocenters. The number of nitrogens with zero attached hydrogens (tertiary/aromatic N) is 1. The molecule has 0 aliphatic heterocycles. The lowest BCUT2D eigenvalue weighted by Gasteiger charge is -2.08. The largest absolute Gasteiger partial charge is 0.469 e. The fraction of sp³-hybridized carbons (Fsp3) is 0.429. The number of amides is 1. The van der Waals surface area contributed by atoms with Gasteiger partial charge in [0.2, 0.25) is 0 Å². The molecule has 1 aliphatic carbocycles. The molecule has 1 aliphatic rings. The van der Waals surface area contributed by atoms with Gasteiger partial charge in [0, 0.05) is 24.2 Å². The smallest absolute Gasteiger partial charge is 0.307 e. The molecule has 0 heterocycles. The van der Waals surface area contributed by atoms with Crippen LogP contribution < -0.4 is 10.6 Å². The normalized spacial score (nSPS) is 13.3. The number of carbonyl (C=O) groups is 2. The summed E-state index contributed by atoms with van der Waals surface area (Å²) in [5.41, 5.74) is 0.462. The highest BCUT2D eigenvalue weighted by molar-refractivity contribution is 5.95. The lowest BCUT2D eigenvalue weighted by molar-refractivity contribution is -0.384. The summed E-state index contributed by atoms with van der Waals surface area (Å²) in [6.45, 7) is 0.112. The number of esters is 1. The molecule has 0 spiro atoms. The highest BCUT2D eigenvalue weighted by Gasteiger charge is 2.25. The first-order chi connectivity index (χ1) is 10.5. The molecule has 1 saturated carbocycles. The first kappa shape index (κ1) is 15.7. The van der Waals surface area contributed by atoms with E-state index in [0.29, 0.717) is 5.69 Å². The van der Waals surface area contributed by atoms with E-state index >= 15 is 0 Å². The minimum absolute atomic E-state index is 0.0473. The van der Waals surface area contributed by atoms with Crippen LogP contribution in [-0.2, 0) is 9.53 Å². The van der Waals surface area contributed by atoms with E-state index in [0.717, 1.165) is 12.8 Å². The van der Waals surface area contributed by atoms with Crippen LogP contribution in [0.5, 0.6) is 0 Å². The lowest BCUT2D eigenvalue weighted by atomic mass is 10.1. The fourth-order valence-corrected chi connectivity index (χ4v) is 1.88. The van der Waals surface area contributed by atoms with Crippen LogP contribution in [0.2, 0.25) is 0 Å². The molecule has 8 heteroatoms. The first-order valence-corrected chi connectivity index (χ1v) is 6.91. The summed E-state index contributed by atoms with van der Waals surface area (Å²) in [6.07, 6.45) is 2.03. The average Bonchev–Trinajstić information content (AvgIpc) is 3.31. The minimum Gasteiger partial charge on any atom is -0.469 e. The second-order valence-corrected chi connectivity index (χ2v) is 4.99. The Morgan fingerprint density at radius 3 is 2.73 bits per heavy atom. The summed E-state index contributed by atoms with van der Waals surface area (Å²) in [4.78, 5) is 33.5. The SMILES string of the molecule is COC(=O)CCNC(=O)c1ccc(NC2CC2)c([N+](=O)[O-])c1. The van der Waals surface area contributed by atoms with Gasteiger partial charge in [0.05, 0.1) is 18.5 Å². The van der Waals surface area contributed by atoms with E-state index < -0.39 is 16.8 Å². The van der Waals surface area contributed by atoms with Crippen LogP contribution in [0.25, 0.3) is 0 Å². The fourth-order valence-electron chi connectivity index (χ4n) is 1.88. The third-order valence-corrected chi connectivity index (χ3v) is 3.24. The molecule has 1 fully saturated rings. The van der Waals surface area contributed by atoms with Crippen molar-refractivity contribution in [1.82, 2.24) is 5.32 Å². The number of nitro groups is 1. The summed E-state index contributed by atoms with van der Waals surface area (Å²) in [5.74, 6) is -0.903. The van der Waals surface area contributed by atoms with E-state index in [1.165, 1.54) is 25.3 Å². The van der Waals surface area contributed by atoms with Gasteiger partial charge in [-0.05, 0) is 25.0 Å². The van der Waals surface area contributed by atoms with Gasteiger partial charge in [-0.1, -0.05) is 0 Å². The second kappa shape index (κ2) is 6.88. The highest BCUT2D eigenvalue weighted by Crippen LogP contribution is 2.31. The van der Waals surface area contributed by atoms with Gasteiger partial charge in [-0.3, -0.25) is 19.7 Å². The molecular formula is C14H17N3O5. The zero-order chi connectivity index (χ0) is 16.1. The number of hydrogen-bond acceptors (Lipinski definition) is 6. The molecule has 0 aromatic heterocycles. The lowest BCUT2D eigenvalue weighted by Crippen LogP contribution is -2.26. The van der Waals surface area contributed by atoms with Gasteiger partial charge in [0.15, 0.2) is 0 Å². The molecule has 0 bridgehead atoms. The number of methoxy groups -OCH3 is 1. The molecule has 0 atom stereocenters. The molecule has 0 radical (unpaired) electrons. The molecule has 1 aromatic carbocycles. The number of ether oxygens (including phenoxy) is 1. The zero-order valence-electron chi connectivity index (χ0n) is 12.1. The summed E-state index contributed by atoms with van der Waals surface area (Å²) >= 11 is 0. The Hall–Kier alpha value is -2.64. The van der Waals surface area contributed by atoms with Gasteiger partial charge >= 0.3 is 5.97 Å². The van der Waals surface area contributed by atoms with E-state index in [4.69, 9.17) is 0 Å². The van der Waals surface area contributed by atoms with Crippen molar-refractivity contribution >= 4 is 23.3 Å². The Labute approximate surface area is 127 Å². The maximum Gasteiger partial charge on any atom is 0.307 e.